The summed E-state index contributed by atoms with van der Waals surface area (Å²) in [6.45, 7) is 1.11. The van der Waals surface area contributed by atoms with Crippen molar-refractivity contribution in [3.8, 4) is 23.1 Å². The van der Waals surface area contributed by atoms with Crippen molar-refractivity contribution in [2.75, 3.05) is 14.2 Å². The molecule has 0 bridgehead atoms. The topological polar surface area (TPSA) is 92.3 Å². The molecule has 1 aliphatic carbocycles. The highest BCUT2D eigenvalue weighted by Crippen LogP contribution is 2.56. The average molecular weight is 509 g/mol. The Morgan fingerprint density at radius 2 is 1.89 bits per heavy atom. The molecule has 1 aliphatic rings. The molecule has 1 aromatic carbocycles. The van der Waals surface area contributed by atoms with Crippen LogP contribution in [0.5, 0.6) is 11.9 Å². The molecule has 4 aromatic heterocycles. The molecular weight excluding hydrogens is 487 g/mol. The zero-order valence-corrected chi connectivity index (χ0v) is 20.1. The van der Waals surface area contributed by atoms with Gasteiger partial charge < -0.3 is 9.47 Å². The lowest BCUT2D eigenvalue weighted by Gasteiger charge is -2.17. The number of fused-ring (bicyclic) bond motifs is 2. The fraction of sp³-hybridized carbons (Fsp3) is 0.320. The van der Waals surface area contributed by atoms with Gasteiger partial charge in [-0.3, -0.25) is 4.68 Å². The van der Waals surface area contributed by atoms with Crippen molar-refractivity contribution >= 4 is 16.6 Å². The molecule has 3 atom stereocenters. The lowest BCUT2D eigenvalue weighted by molar-refractivity contribution is -0.164. The monoisotopic (exact) mass is 509 g/mol. The van der Waals surface area contributed by atoms with E-state index in [0.29, 0.717) is 28.0 Å². The molecule has 0 aliphatic heterocycles. The molecule has 6 rings (SSSR count). The van der Waals surface area contributed by atoms with Crippen molar-refractivity contribution < 1.29 is 22.6 Å². The minimum absolute atomic E-state index is 0.116. The van der Waals surface area contributed by atoms with Crippen molar-refractivity contribution in [2.45, 2.75) is 37.4 Å². The summed E-state index contributed by atoms with van der Waals surface area (Å²) in [4.78, 5) is 13.0. The average Bonchev–Trinajstić information content (AvgIpc) is 3.35. The number of imidazole rings is 1. The Morgan fingerprint density at radius 3 is 2.65 bits per heavy atom. The summed E-state index contributed by atoms with van der Waals surface area (Å²) >= 11 is 0. The van der Waals surface area contributed by atoms with Gasteiger partial charge in [-0.1, -0.05) is 12.1 Å². The second-order valence-electron chi connectivity index (χ2n) is 9.03. The predicted molar refractivity (Wildman–Crippen MR) is 128 cm³/mol. The van der Waals surface area contributed by atoms with Crippen LogP contribution in [0, 0.1) is 0 Å². The highest BCUT2D eigenvalue weighted by molar-refractivity contribution is 5.80. The van der Waals surface area contributed by atoms with E-state index < -0.39 is 12.2 Å². The van der Waals surface area contributed by atoms with Crippen LogP contribution in [0.25, 0.3) is 27.8 Å². The molecule has 4 heterocycles. The van der Waals surface area contributed by atoms with Gasteiger partial charge in [-0.05, 0) is 42.9 Å². The first-order valence-electron chi connectivity index (χ1n) is 11.6. The van der Waals surface area contributed by atoms with Gasteiger partial charge in [0.05, 0.1) is 37.2 Å². The van der Waals surface area contributed by atoms with Gasteiger partial charge in [-0.2, -0.15) is 28.4 Å². The number of halogens is 3. The minimum atomic E-state index is -4.39. The first-order chi connectivity index (χ1) is 17.8. The Kier molecular flexibility index (Phi) is 5.28. The van der Waals surface area contributed by atoms with Gasteiger partial charge >= 0.3 is 12.2 Å². The van der Waals surface area contributed by atoms with E-state index in [4.69, 9.17) is 9.47 Å². The van der Waals surface area contributed by atoms with E-state index in [1.54, 1.807) is 23.1 Å². The van der Waals surface area contributed by atoms with E-state index in [9.17, 15) is 13.2 Å². The summed E-state index contributed by atoms with van der Waals surface area (Å²) in [6.07, 6.45) is 2.96. The first kappa shape index (κ1) is 23.2. The molecular formula is C25H22F3N7O2. The van der Waals surface area contributed by atoms with Crippen LogP contribution >= 0.6 is 0 Å². The van der Waals surface area contributed by atoms with E-state index >= 15 is 0 Å². The summed E-state index contributed by atoms with van der Waals surface area (Å²) in [7, 11) is 2.99. The van der Waals surface area contributed by atoms with Crippen LogP contribution in [-0.4, -0.2) is 54.7 Å². The number of ether oxygens (including phenoxy) is 2. The standard InChI is InChI=1S/C25H22F3N7O2/c1-13(25(26,27)28)35-21-8-14(4-5-15(21)11-31-35)16-9-17(16)18-10-20(33-34-7-6-29-22(18)34)19-12-30-24(37-3)32-23(19)36-2/h4-8,10-13,16-17H,9H2,1-3H3/t13?,16-,17+/m1/s1. The van der Waals surface area contributed by atoms with Crippen LogP contribution in [-0.2, 0) is 0 Å². The maximum Gasteiger partial charge on any atom is 0.410 e. The van der Waals surface area contributed by atoms with Gasteiger partial charge in [0.2, 0.25) is 5.88 Å². The molecule has 1 fully saturated rings. The van der Waals surface area contributed by atoms with Gasteiger partial charge in [-0.15, -0.1) is 0 Å². The van der Waals surface area contributed by atoms with E-state index in [-0.39, 0.29) is 17.8 Å². The number of nitrogens with zero attached hydrogens (tertiary/aromatic N) is 7. The third kappa shape index (κ3) is 3.92. The van der Waals surface area contributed by atoms with Crippen molar-refractivity contribution in [1.29, 1.82) is 0 Å². The zero-order chi connectivity index (χ0) is 25.9. The van der Waals surface area contributed by atoms with Crippen molar-refractivity contribution in [1.82, 2.24) is 34.3 Å². The summed E-state index contributed by atoms with van der Waals surface area (Å²) in [5.41, 5.74) is 4.34. The lowest BCUT2D eigenvalue weighted by atomic mass is 10.0. The molecule has 0 radical (unpaired) electrons. The summed E-state index contributed by atoms with van der Waals surface area (Å²) < 4.78 is 53.5. The maximum atomic E-state index is 13.4. The van der Waals surface area contributed by atoms with Gasteiger partial charge in [0.15, 0.2) is 5.65 Å². The molecule has 12 heteroatoms. The second kappa shape index (κ2) is 8.43. The maximum absolute atomic E-state index is 13.4. The highest BCUT2D eigenvalue weighted by Gasteiger charge is 2.42. The van der Waals surface area contributed by atoms with Gasteiger partial charge in [0.25, 0.3) is 0 Å². The Labute approximate surface area is 208 Å². The number of benzene rings is 1. The molecule has 1 unspecified atom stereocenters. The van der Waals surface area contributed by atoms with Crippen LogP contribution in [0.15, 0.2) is 49.1 Å². The van der Waals surface area contributed by atoms with Crippen LogP contribution in [0.3, 0.4) is 0 Å². The smallest absolute Gasteiger partial charge is 0.410 e. The molecule has 0 saturated heterocycles. The zero-order valence-electron chi connectivity index (χ0n) is 20.1. The third-order valence-corrected chi connectivity index (χ3v) is 6.85. The summed E-state index contributed by atoms with van der Waals surface area (Å²) in [6, 6.07) is 6.03. The number of aromatic nitrogens is 7. The number of alkyl halides is 3. The van der Waals surface area contributed by atoms with Crippen molar-refractivity contribution in [2.24, 2.45) is 0 Å². The van der Waals surface area contributed by atoms with Crippen molar-refractivity contribution in [3.63, 3.8) is 0 Å². The Bertz CT molecular complexity index is 1630. The fourth-order valence-electron chi connectivity index (χ4n) is 4.77. The van der Waals surface area contributed by atoms with Crippen LogP contribution in [0.2, 0.25) is 0 Å². The molecule has 0 N–H and O–H groups in total. The van der Waals surface area contributed by atoms with E-state index in [1.807, 2.05) is 24.3 Å². The molecule has 5 aromatic rings. The quantitative estimate of drug-likeness (QED) is 0.320. The first-order valence-corrected chi connectivity index (χ1v) is 11.6. The van der Waals surface area contributed by atoms with Gasteiger partial charge in [0, 0.05) is 29.5 Å². The third-order valence-electron chi connectivity index (χ3n) is 6.85. The SMILES string of the molecule is COc1ncc(-c2cc([C@H]3C[C@@H]3c3ccc4cnn(C(C)C(F)(F)F)c4c3)c3nccn3n2)c(OC)n1. The number of hydrogen-bond donors (Lipinski definition) is 0. The molecule has 0 spiro atoms. The fourth-order valence-corrected chi connectivity index (χ4v) is 4.77. The largest absolute Gasteiger partial charge is 0.480 e. The molecule has 9 nitrogen and oxygen atoms in total. The van der Waals surface area contributed by atoms with Gasteiger partial charge in [0.1, 0.15) is 6.04 Å². The summed E-state index contributed by atoms with van der Waals surface area (Å²) in [5.74, 6) is 0.569. The van der Waals surface area contributed by atoms with Gasteiger partial charge in [-0.25, -0.2) is 14.5 Å². The minimum Gasteiger partial charge on any atom is -0.480 e. The highest BCUT2D eigenvalue weighted by atomic mass is 19.4. The van der Waals surface area contributed by atoms with Crippen molar-refractivity contribution in [3.05, 3.63) is 60.2 Å². The van der Waals surface area contributed by atoms with E-state index in [1.165, 1.54) is 20.4 Å². The van der Waals surface area contributed by atoms with E-state index in [0.717, 1.165) is 34.8 Å². The number of methoxy groups -OCH3 is 2. The predicted octanol–water partition coefficient (Wildman–Crippen LogP) is 4.95. The summed E-state index contributed by atoms with van der Waals surface area (Å²) in [5, 5.41) is 9.34. The molecule has 190 valence electrons. The Balaban J connectivity index is 1.38. The Morgan fingerprint density at radius 1 is 1.05 bits per heavy atom. The lowest BCUT2D eigenvalue weighted by Crippen LogP contribution is -2.24. The normalized spacial score (nSPS) is 18.3. The van der Waals surface area contributed by atoms with Crippen LogP contribution in [0.1, 0.15) is 42.3 Å². The number of rotatable bonds is 6. The molecule has 1 saturated carbocycles. The van der Waals surface area contributed by atoms with Crippen LogP contribution in [0.4, 0.5) is 13.2 Å². The molecule has 0 amide bonds. The second-order valence-corrected chi connectivity index (χ2v) is 9.03. The van der Waals surface area contributed by atoms with Crippen LogP contribution < -0.4 is 9.47 Å². The Hall–Kier alpha value is -4.22. The molecule has 37 heavy (non-hydrogen) atoms. The number of hydrogen-bond acceptors (Lipinski definition) is 7. The van der Waals surface area contributed by atoms with E-state index in [2.05, 4.69) is 25.1 Å².